The van der Waals surface area contributed by atoms with Gasteiger partial charge in [0.1, 0.15) is 5.82 Å². The first-order valence-electron chi connectivity index (χ1n) is 7.23. The third-order valence-electron chi connectivity index (χ3n) is 4.01. The van der Waals surface area contributed by atoms with Crippen molar-refractivity contribution >= 4 is 17.2 Å². The zero-order valence-electron chi connectivity index (χ0n) is 12.2. The van der Waals surface area contributed by atoms with Crippen LogP contribution in [0.15, 0.2) is 29.6 Å². The van der Waals surface area contributed by atoms with Gasteiger partial charge in [0.2, 0.25) is 0 Å². The number of rotatable bonds is 3. The second kappa shape index (κ2) is 5.60. The fraction of sp³-hybridized carbons (Fsp3) is 0.353. The second-order valence-corrected chi connectivity index (χ2v) is 6.68. The predicted molar refractivity (Wildman–Crippen MR) is 83.3 cm³/mol. The summed E-state index contributed by atoms with van der Waals surface area (Å²) in [5.41, 5.74) is 3.14. The Morgan fingerprint density at radius 1 is 1.38 bits per heavy atom. The average Bonchev–Trinajstić information content (AvgIpc) is 3.06. The fourth-order valence-electron chi connectivity index (χ4n) is 2.91. The SMILES string of the molecule is CC(C)c1ccsc1C(=O)NC1CCc2ccc(F)cc21. The van der Waals surface area contributed by atoms with Gasteiger partial charge in [-0.1, -0.05) is 19.9 Å². The van der Waals surface area contributed by atoms with Gasteiger partial charge in [0.25, 0.3) is 5.91 Å². The van der Waals surface area contributed by atoms with Crippen LogP contribution in [0.5, 0.6) is 0 Å². The van der Waals surface area contributed by atoms with E-state index >= 15 is 0 Å². The lowest BCUT2D eigenvalue weighted by Crippen LogP contribution is -2.27. The summed E-state index contributed by atoms with van der Waals surface area (Å²) >= 11 is 1.47. The molecule has 2 aromatic rings. The minimum Gasteiger partial charge on any atom is -0.345 e. The Balaban J connectivity index is 1.81. The number of carbonyl (C=O) groups excluding carboxylic acids is 1. The van der Waals surface area contributed by atoms with Crippen molar-refractivity contribution < 1.29 is 9.18 Å². The fourth-order valence-corrected chi connectivity index (χ4v) is 3.86. The molecule has 21 heavy (non-hydrogen) atoms. The number of amides is 1. The monoisotopic (exact) mass is 303 g/mol. The third-order valence-corrected chi connectivity index (χ3v) is 4.94. The summed E-state index contributed by atoms with van der Waals surface area (Å²) in [6.07, 6.45) is 1.73. The molecule has 110 valence electrons. The molecule has 1 aliphatic carbocycles. The highest BCUT2D eigenvalue weighted by Gasteiger charge is 2.26. The van der Waals surface area contributed by atoms with Crippen molar-refractivity contribution in [3.05, 3.63) is 57.0 Å². The topological polar surface area (TPSA) is 29.1 Å². The quantitative estimate of drug-likeness (QED) is 0.893. The van der Waals surface area contributed by atoms with Crippen LogP contribution in [0.2, 0.25) is 0 Å². The van der Waals surface area contributed by atoms with E-state index in [0.29, 0.717) is 5.92 Å². The largest absolute Gasteiger partial charge is 0.345 e. The standard InChI is InChI=1S/C17H18FNOS/c1-10(2)13-7-8-21-16(13)17(20)19-15-6-4-11-3-5-12(18)9-14(11)15/h3,5,7-10,15H,4,6H2,1-2H3,(H,19,20). The van der Waals surface area contributed by atoms with E-state index in [1.807, 2.05) is 17.5 Å². The molecule has 4 heteroatoms. The molecular formula is C17H18FNOS. The van der Waals surface area contributed by atoms with Crippen LogP contribution < -0.4 is 5.32 Å². The summed E-state index contributed by atoms with van der Waals surface area (Å²) in [5, 5.41) is 5.02. The Hall–Kier alpha value is -1.68. The Bertz CT molecular complexity index is 677. The summed E-state index contributed by atoms with van der Waals surface area (Å²) < 4.78 is 13.4. The number of halogens is 1. The lowest BCUT2D eigenvalue weighted by Gasteiger charge is -2.15. The number of nitrogens with one attached hydrogen (secondary N) is 1. The Morgan fingerprint density at radius 2 is 2.19 bits per heavy atom. The number of aryl methyl sites for hydroxylation is 1. The molecule has 1 N–H and O–H groups in total. The van der Waals surface area contributed by atoms with Gasteiger partial charge in [-0.2, -0.15) is 0 Å². The zero-order chi connectivity index (χ0) is 15.0. The van der Waals surface area contributed by atoms with Crippen LogP contribution in [0.3, 0.4) is 0 Å². The van der Waals surface area contributed by atoms with Crippen LogP contribution in [-0.2, 0) is 6.42 Å². The summed E-state index contributed by atoms with van der Waals surface area (Å²) in [7, 11) is 0. The van der Waals surface area contributed by atoms with E-state index in [9.17, 15) is 9.18 Å². The van der Waals surface area contributed by atoms with Crippen LogP contribution >= 0.6 is 11.3 Å². The molecule has 1 aromatic carbocycles. The molecule has 0 bridgehead atoms. The van der Waals surface area contributed by atoms with Crippen LogP contribution in [0.4, 0.5) is 4.39 Å². The lowest BCUT2D eigenvalue weighted by molar-refractivity contribution is 0.0939. The highest BCUT2D eigenvalue weighted by molar-refractivity contribution is 7.12. The van der Waals surface area contributed by atoms with Gasteiger partial charge in [-0.25, -0.2) is 4.39 Å². The molecule has 0 saturated carbocycles. The molecule has 0 fully saturated rings. The first-order valence-corrected chi connectivity index (χ1v) is 8.11. The van der Waals surface area contributed by atoms with Crippen molar-refractivity contribution in [3.63, 3.8) is 0 Å². The number of hydrogen-bond donors (Lipinski definition) is 1. The van der Waals surface area contributed by atoms with Gasteiger partial charge in [0.05, 0.1) is 10.9 Å². The molecular weight excluding hydrogens is 285 g/mol. The van der Waals surface area contributed by atoms with Crippen molar-refractivity contribution in [1.29, 1.82) is 0 Å². The highest BCUT2D eigenvalue weighted by atomic mass is 32.1. The molecule has 1 atom stereocenters. The smallest absolute Gasteiger partial charge is 0.262 e. The molecule has 0 spiro atoms. The number of carbonyl (C=O) groups is 1. The first kappa shape index (κ1) is 14.3. The summed E-state index contributed by atoms with van der Waals surface area (Å²) in [6.45, 7) is 4.16. The molecule has 3 rings (SSSR count). The maximum atomic E-state index is 13.4. The maximum absolute atomic E-state index is 13.4. The number of fused-ring (bicyclic) bond motifs is 1. The van der Waals surface area contributed by atoms with Gasteiger partial charge < -0.3 is 5.32 Å². The Labute approximate surface area is 128 Å². The average molecular weight is 303 g/mol. The molecule has 0 saturated heterocycles. The van der Waals surface area contributed by atoms with Crippen molar-refractivity contribution in [3.8, 4) is 0 Å². The van der Waals surface area contributed by atoms with E-state index in [2.05, 4.69) is 19.2 Å². The second-order valence-electron chi connectivity index (χ2n) is 5.77. The van der Waals surface area contributed by atoms with E-state index in [4.69, 9.17) is 0 Å². The molecule has 1 aliphatic rings. The molecule has 1 aromatic heterocycles. The van der Waals surface area contributed by atoms with Crippen LogP contribution in [0.1, 0.15) is 58.6 Å². The van der Waals surface area contributed by atoms with Crippen molar-refractivity contribution in [2.24, 2.45) is 0 Å². The Kier molecular flexibility index (Phi) is 3.81. The van der Waals surface area contributed by atoms with Gasteiger partial charge in [0, 0.05) is 0 Å². The molecule has 1 amide bonds. The van der Waals surface area contributed by atoms with E-state index in [1.165, 1.54) is 17.4 Å². The predicted octanol–water partition coefficient (Wildman–Crippen LogP) is 4.43. The van der Waals surface area contributed by atoms with Crippen LogP contribution in [-0.4, -0.2) is 5.91 Å². The van der Waals surface area contributed by atoms with Crippen LogP contribution in [0.25, 0.3) is 0 Å². The summed E-state index contributed by atoms with van der Waals surface area (Å²) in [5.74, 6) is 0.0370. The molecule has 0 aliphatic heterocycles. The van der Waals surface area contributed by atoms with E-state index < -0.39 is 0 Å². The molecule has 2 nitrogen and oxygen atoms in total. The number of thiophene rings is 1. The van der Waals surface area contributed by atoms with E-state index in [0.717, 1.165) is 34.4 Å². The minimum absolute atomic E-state index is 0.0455. The molecule has 1 unspecified atom stereocenters. The van der Waals surface area contributed by atoms with Crippen LogP contribution in [0, 0.1) is 5.82 Å². The first-order chi connectivity index (χ1) is 10.1. The third kappa shape index (κ3) is 2.72. The van der Waals surface area contributed by atoms with Crippen molar-refractivity contribution in [1.82, 2.24) is 5.32 Å². The van der Waals surface area contributed by atoms with Crippen molar-refractivity contribution in [2.75, 3.05) is 0 Å². The summed E-state index contributed by atoms with van der Waals surface area (Å²) in [4.78, 5) is 13.3. The van der Waals surface area contributed by atoms with E-state index in [1.54, 1.807) is 6.07 Å². The van der Waals surface area contributed by atoms with Gasteiger partial charge in [-0.3, -0.25) is 4.79 Å². The van der Waals surface area contributed by atoms with Gasteiger partial charge in [-0.15, -0.1) is 11.3 Å². The number of hydrogen-bond acceptors (Lipinski definition) is 2. The minimum atomic E-state index is -0.242. The van der Waals surface area contributed by atoms with Crippen molar-refractivity contribution in [2.45, 2.75) is 38.6 Å². The lowest BCUT2D eigenvalue weighted by atomic mass is 10.0. The highest BCUT2D eigenvalue weighted by Crippen LogP contribution is 2.32. The molecule has 1 heterocycles. The van der Waals surface area contributed by atoms with Gasteiger partial charge >= 0.3 is 0 Å². The maximum Gasteiger partial charge on any atom is 0.262 e. The van der Waals surface area contributed by atoms with E-state index in [-0.39, 0.29) is 17.8 Å². The zero-order valence-corrected chi connectivity index (χ0v) is 13.0. The normalized spacial score (nSPS) is 17.0. The van der Waals surface area contributed by atoms with Gasteiger partial charge in [0.15, 0.2) is 0 Å². The molecule has 0 radical (unpaired) electrons. The number of benzene rings is 1. The van der Waals surface area contributed by atoms with Gasteiger partial charge in [-0.05, 0) is 59.0 Å². The summed E-state index contributed by atoms with van der Waals surface area (Å²) in [6, 6.07) is 6.78. The Morgan fingerprint density at radius 3 is 2.95 bits per heavy atom.